The zero-order valence-electron chi connectivity index (χ0n) is 9.43. The predicted molar refractivity (Wildman–Crippen MR) is 68.0 cm³/mol. The number of nitrogens with zero attached hydrogens (tertiary/aromatic N) is 1. The Kier molecular flexibility index (Phi) is 3.39. The molecule has 0 saturated carbocycles. The summed E-state index contributed by atoms with van der Waals surface area (Å²) in [4.78, 5) is 12.2. The first-order valence-electron chi connectivity index (χ1n) is 5.21. The number of para-hydroxylation sites is 1. The molecule has 0 fully saturated rings. The molecule has 0 aliphatic rings. The van der Waals surface area contributed by atoms with E-state index >= 15 is 0 Å². The summed E-state index contributed by atoms with van der Waals surface area (Å²) in [7, 11) is 0. The number of aromatic nitrogens is 1. The molecule has 0 aliphatic heterocycles. The molecule has 0 spiro atoms. The summed E-state index contributed by atoms with van der Waals surface area (Å²) < 4.78 is 1.68. The van der Waals surface area contributed by atoms with Crippen LogP contribution in [0.4, 0.5) is 5.69 Å². The quantitative estimate of drug-likeness (QED) is 0.856. The van der Waals surface area contributed by atoms with Gasteiger partial charge in [0.05, 0.1) is 0 Å². The Labute approximate surface area is 103 Å². The summed E-state index contributed by atoms with van der Waals surface area (Å²) in [5, 5.41) is 12.3. The van der Waals surface area contributed by atoms with Crippen molar-refractivity contribution < 1.29 is 4.79 Å². The van der Waals surface area contributed by atoms with E-state index in [1.165, 1.54) is 11.3 Å². The number of hydrogen-bond acceptors (Lipinski definition) is 3. The minimum absolute atomic E-state index is 0.115. The van der Waals surface area contributed by atoms with Crippen molar-refractivity contribution in [2.75, 3.05) is 5.32 Å². The van der Waals surface area contributed by atoms with Crippen LogP contribution in [0.2, 0.25) is 0 Å². The highest BCUT2D eigenvalue weighted by molar-refractivity contribution is 7.07. The van der Waals surface area contributed by atoms with Crippen molar-refractivity contribution in [3.63, 3.8) is 0 Å². The molecule has 88 valence electrons. The lowest BCUT2D eigenvalue weighted by Crippen LogP contribution is -2.25. The number of rotatable bonds is 3. The standard InChI is InChI=1S/C12H13N3OS/c1-9-8-17-12(13)15(9)7-11(16)14-10-5-3-2-4-6-10/h2-6,8,13H,7H2,1H3,(H,14,16). The smallest absolute Gasteiger partial charge is 0.244 e. The first kappa shape index (κ1) is 11.6. The van der Waals surface area contributed by atoms with Gasteiger partial charge in [0.25, 0.3) is 0 Å². The second-order valence-corrected chi connectivity index (χ2v) is 4.54. The average Bonchev–Trinajstić information content (AvgIpc) is 2.62. The molecule has 1 aromatic carbocycles. The maximum Gasteiger partial charge on any atom is 0.244 e. The lowest BCUT2D eigenvalue weighted by Gasteiger charge is -2.07. The van der Waals surface area contributed by atoms with E-state index in [1.54, 1.807) is 4.57 Å². The second-order valence-electron chi connectivity index (χ2n) is 3.68. The predicted octanol–water partition coefficient (Wildman–Crippen LogP) is 1.98. The second kappa shape index (κ2) is 4.97. The van der Waals surface area contributed by atoms with E-state index in [0.717, 1.165) is 11.4 Å². The number of amides is 1. The van der Waals surface area contributed by atoms with Crippen LogP contribution in [0.3, 0.4) is 0 Å². The Morgan fingerprint density at radius 3 is 2.71 bits per heavy atom. The fourth-order valence-corrected chi connectivity index (χ4v) is 2.24. The molecule has 0 saturated heterocycles. The van der Waals surface area contributed by atoms with Gasteiger partial charge < -0.3 is 9.88 Å². The maximum atomic E-state index is 11.8. The van der Waals surface area contributed by atoms with E-state index < -0.39 is 0 Å². The van der Waals surface area contributed by atoms with Crippen molar-refractivity contribution in [1.29, 1.82) is 5.41 Å². The normalized spacial score (nSPS) is 10.2. The van der Waals surface area contributed by atoms with E-state index in [2.05, 4.69) is 5.32 Å². The topological polar surface area (TPSA) is 57.9 Å². The molecule has 1 amide bonds. The first-order valence-corrected chi connectivity index (χ1v) is 6.09. The summed E-state index contributed by atoms with van der Waals surface area (Å²) in [5.74, 6) is -0.115. The molecule has 0 aliphatic carbocycles. The van der Waals surface area contributed by atoms with E-state index in [1.807, 2.05) is 42.6 Å². The molecule has 2 aromatic rings. The van der Waals surface area contributed by atoms with E-state index in [9.17, 15) is 4.79 Å². The average molecular weight is 247 g/mol. The van der Waals surface area contributed by atoms with Crippen LogP contribution in [0.15, 0.2) is 35.7 Å². The highest BCUT2D eigenvalue weighted by Gasteiger charge is 2.06. The van der Waals surface area contributed by atoms with Gasteiger partial charge >= 0.3 is 0 Å². The number of thiazole rings is 1. The molecular weight excluding hydrogens is 234 g/mol. The summed E-state index contributed by atoms with van der Waals surface area (Å²) in [6, 6.07) is 9.31. The number of anilines is 1. The number of carbonyl (C=O) groups excluding carboxylic acids is 1. The van der Waals surface area contributed by atoms with Gasteiger partial charge in [-0.2, -0.15) is 0 Å². The molecule has 2 N–H and O–H groups in total. The van der Waals surface area contributed by atoms with Crippen molar-refractivity contribution >= 4 is 22.9 Å². The lowest BCUT2D eigenvalue weighted by molar-refractivity contribution is -0.116. The molecule has 0 bridgehead atoms. The Morgan fingerprint density at radius 2 is 2.12 bits per heavy atom. The number of carbonyl (C=O) groups is 1. The Balaban J connectivity index is 2.06. The fraction of sp³-hybridized carbons (Fsp3) is 0.167. The van der Waals surface area contributed by atoms with Gasteiger partial charge in [-0.3, -0.25) is 10.2 Å². The van der Waals surface area contributed by atoms with Crippen LogP contribution in [0.5, 0.6) is 0 Å². The summed E-state index contributed by atoms with van der Waals surface area (Å²) in [6.07, 6.45) is 0. The first-order chi connectivity index (χ1) is 8.16. The zero-order chi connectivity index (χ0) is 12.3. The molecule has 4 nitrogen and oxygen atoms in total. The maximum absolute atomic E-state index is 11.8. The van der Waals surface area contributed by atoms with Gasteiger partial charge in [-0.15, -0.1) is 11.3 Å². The number of benzene rings is 1. The van der Waals surface area contributed by atoms with Crippen LogP contribution in [0.1, 0.15) is 5.69 Å². The van der Waals surface area contributed by atoms with Crippen LogP contribution in [0.25, 0.3) is 0 Å². The van der Waals surface area contributed by atoms with Gasteiger partial charge in [0.15, 0.2) is 4.80 Å². The molecular formula is C12H13N3OS. The highest BCUT2D eigenvalue weighted by Crippen LogP contribution is 2.05. The zero-order valence-corrected chi connectivity index (χ0v) is 10.3. The molecule has 1 heterocycles. The van der Waals surface area contributed by atoms with Gasteiger partial charge in [-0.05, 0) is 19.1 Å². The molecule has 2 rings (SSSR count). The largest absolute Gasteiger partial charge is 0.325 e. The minimum Gasteiger partial charge on any atom is -0.325 e. The van der Waals surface area contributed by atoms with Crippen molar-refractivity contribution in [3.8, 4) is 0 Å². The third-order valence-corrected chi connectivity index (χ3v) is 3.27. The van der Waals surface area contributed by atoms with Crippen molar-refractivity contribution in [3.05, 3.63) is 46.2 Å². The lowest BCUT2D eigenvalue weighted by atomic mass is 10.3. The summed E-state index contributed by atoms with van der Waals surface area (Å²) in [5.41, 5.74) is 1.71. The Morgan fingerprint density at radius 1 is 1.41 bits per heavy atom. The van der Waals surface area contributed by atoms with Crippen molar-refractivity contribution in [2.45, 2.75) is 13.5 Å². The molecule has 0 radical (unpaired) electrons. The van der Waals surface area contributed by atoms with Gasteiger partial charge in [0.2, 0.25) is 5.91 Å². The molecule has 0 atom stereocenters. The van der Waals surface area contributed by atoms with E-state index in [0.29, 0.717) is 4.80 Å². The number of hydrogen-bond donors (Lipinski definition) is 2. The van der Waals surface area contributed by atoms with Crippen LogP contribution < -0.4 is 10.1 Å². The van der Waals surface area contributed by atoms with Crippen molar-refractivity contribution in [2.24, 2.45) is 0 Å². The molecule has 5 heteroatoms. The summed E-state index contributed by atoms with van der Waals surface area (Å²) in [6.45, 7) is 2.08. The number of nitrogens with one attached hydrogen (secondary N) is 2. The third-order valence-electron chi connectivity index (χ3n) is 2.37. The van der Waals surface area contributed by atoms with Crippen LogP contribution in [0, 0.1) is 12.3 Å². The van der Waals surface area contributed by atoms with Crippen LogP contribution in [-0.4, -0.2) is 10.5 Å². The van der Waals surface area contributed by atoms with Gasteiger partial charge in [0.1, 0.15) is 6.54 Å². The SMILES string of the molecule is Cc1csc(=N)n1CC(=O)Nc1ccccc1. The van der Waals surface area contributed by atoms with Gasteiger partial charge in [-0.25, -0.2) is 0 Å². The highest BCUT2D eigenvalue weighted by atomic mass is 32.1. The molecule has 17 heavy (non-hydrogen) atoms. The fourth-order valence-electron chi connectivity index (χ4n) is 1.49. The number of aryl methyl sites for hydroxylation is 1. The van der Waals surface area contributed by atoms with E-state index in [4.69, 9.17) is 5.41 Å². The van der Waals surface area contributed by atoms with Crippen molar-refractivity contribution in [1.82, 2.24) is 4.57 Å². The Bertz CT molecular complexity index is 571. The van der Waals surface area contributed by atoms with Crippen LogP contribution in [-0.2, 0) is 11.3 Å². The minimum atomic E-state index is -0.115. The Hall–Kier alpha value is -1.88. The third kappa shape index (κ3) is 2.82. The monoisotopic (exact) mass is 247 g/mol. The summed E-state index contributed by atoms with van der Waals surface area (Å²) >= 11 is 1.33. The van der Waals surface area contributed by atoms with E-state index in [-0.39, 0.29) is 12.5 Å². The van der Waals surface area contributed by atoms with Gasteiger partial charge in [-0.1, -0.05) is 18.2 Å². The molecule has 1 aromatic heterocycles. The van der Waals surface area contributed by atoms with Gasteiger partial charge in [0, 0.05) is 16.8 Å². The molecule has 0 unspecified atom stereocenters. The van der Waals surface area contributed by atoms with Crippen LogP contribution >= 0.6 is 11.3 Å².